The largest absolute Gasteiger partial charge is 0.394 e. The van der Waals surface area contributed by atoms with Crippen LogP contribution in [0.5, 0.6) is 0 Å². The highest BCUT2D eigenvalue weighted by Crippen LogP contribution is 2.23. The second-order valence-corrected chi connectivity index (χ2v) is 5.95. The Kier molecular flexibility index (Phi) is 5.02. The minimum atomic E-state index is -0.420. The van der Waals surface area contributed by atoms with Gasteiger partial charge in [0.05, 0.1) is 18.2 Å². The van der Waals surface area contributed by atoms with Crippen LogP contribution >= 0.6 is 0 Å². The highest BCUT2D eigenvalue weighted by Gasteiger charge is 2.27. The Morgan fingerprint density at radius 2 is 2.05 bits per heavy atom. The van der Waals surface area contributed by atoms with Crippen LogP contribution in [0.15, 0.2) is 24.3 Å². The van der Waals surface area contributed by atoms with Crippen LogP contribution in [-0.4, -0.2) is 45.1 Å². The summed E-state index contributed by atoms with van der Waals surface area (Å²) in [6, 6.07) is 8.32. The number of nitrogens with one attached hydrogen (secondary N) is 1. The molecule has 0 spiro atoms. The first-order valence-electron chi connectivity index (χ1n) is 7.30. The zero-order valence-corrected chi connectivity index (χ0v) is 12.7. The van der Waals surface area contributed by atoms with Crippen LogP contribution in [0.3, 0.4) is 0 Å². The predicted molar refractivity (Wildman–Crippen MR) is 82.2 cm³/mol. The van der Waals surface area contributed by atoms with E-state index in [1.54, 1.807) is 0 Å². The van der Waals surface area contributed by atoms with Gasteiger partial charge in [-0.05, 0) is 37.5 Å². The van der Waals surface area contributed by atoms with Gasteiger partial charge >= 0.3 is 0 Å². The van der Waals surface area contributed by atoms with Crippen molar-refractivity contribution < 1.29 is 9.84 Å². The zero-order chi connectivity index (χ0) is 14.6. The molecular weight excluding hydrogens is 252 g/mol. The van der Waals surface area contributed by atoms with Gasteiger partial charge in [-0.1, -0.05) is 12.1 Å². The number of aliphatic hydroxyl groups is 1. The molecule has 1 fully saturated rings. The van der Waals surface area contributed by atoms with E-state index in [0.29, 0.717) is 0 Å². The fourth-order valence-corrected chi connectivity index (χ4v) is 2.52. The summed E-state index contributed by atoms with van der Waals surface area (Å²) in [5.41, 5.74) is 1.84. The van der Waals surface area contributed by atoms with Crippen LogP contribution in [0, 0.1) is 0 Å². The zero-order valence-electron chi connectivity index (χ0n) is 12.7. The molecule has 112 valence electrons. The van der Waals surface area contributed by atoms with Crippen molar-refractivity contribution in [1.29, 1.82) is 0 Å². The number of ether oxygens (including phenoxy) is 1. The SMILES string of the molecule is CN(C)c1ccc(C(C)(CO)NCC2CCCO2)cc1. The molecule has 1 saturated heterocycles. The van der Waals surface area contributed by atoms with Crippen molar-refractivity contribution in [3.8, 4) is 0 Å². The van der Waals surface area contributed by atoms with Gasteiger partial charge in [-0.25, -0.2) is 0 Å². The lowest BCUT2D eigenvalue weighted by Crippen LogP contribution is -2.46. The van der Waals surface area contributed by atoms with E-state index in [0.717, 1.165) is 37.2 Å². The van der Waals surface area contributed by atoms with E-state index in [-0.39, 0.29) is 12.7 Å². The summed E-state index contributed by atoms with van der Waals surface area (Å²) >= 11 is 0. The molecule has 1 aromatic carbocycles. The van der Waals surface area contributed by atoms with E-state index in [4.69, 9.17) is 4.74 Å². The Balaban J connectivity index is 2.04. The summed E-state index contributed by atoms with van der Waals surface area (Å²) in [4.78, 5) is 2.07. The number of hydrogen-bond acceptors (Lipinski definition) is 4. The van der Waals surface area contributed by atoms with E-state index in [2.05, 4.69) is 34.5 Å². The van der Waals surface area contributed by atoms with Gasteiger partial charge in [-0.2, -0.15) is 0 Å². The highest BCUT2D eigenvalue weighted by molar-refractivity contribution is 5.47. The molecule has 0 radical (unpaired) electrons. The molecule has 20 heavy (non-hydrogen) atoms. The first-order chi connectivity index (χ1) is 9.55. The smallest absolute Gasteiger partial charge is 0.0700 e. The lowest BCUT2D eigenvalue weighted by Gasteiger charge is -2.31. The third-order valence-electron chi connectivity index (χ3n) is 4.08. The summed E-state index contributed by atoms with van der Waals surface area (Å²) in [5.74, 6) is 0. The summed E-state index contributed by atoms with van der Waals surface area (Å²) in [7, 11) is 4.05. The second kappa shape index (κ2) is 6.57. The maximum absolute atomic E-state index is 9.78. The normalized spacial score (nSPS) is 21.7. The van der Waals surface area contributed by atoms with Crippen molar-refractivity contribution in [2.75, 3.05) is 38.8 Å². The summed E-state index contributed by atoms with van der Waals surface area (Å²) in [6.45, 7) is 3.75. The molecule has 1 aromatic rings. The maximum atomic E-state index is 9.78. The lowest BCUT2D eigenvalue weighted by atomic mass is 9.92. The minimum Gasteiger partial charge on any atom is -0.394 e. The topological polar surface area (TPSA) is 44.7 Å². The van der Waals surface area contributed by atoms with E-state index >= 15 is 0 Å². The van der Waals surface area contributed by atoms with E-state index in [9.17, 15) is 5.11 Å². The molecule has 0 amide bonds. The van der Waals surface area contributed by atoms with Crippen molar-refractivity contribution >= 4 is 5.69 Å². The molecule has 1 aliphatic heterocycles. The van der Waals surface area contributed by atoms with Gasteiger partial charge < -0.3 is 20.1 Å². The Labute approximate surface area is 121 Å². The molecule has 1 heterocycles. The predicted octanol–water partition coefficient (Wildman–Crippen LogP) is 1.73. The van der Waals surface area contributed by atoms with Gasteiger partial charge in [0.15, 0.2) is 0 Å². The molecule has 0 aliphatic carbocycles. The number of rotatable bonds is 6. The van der Waals surface area contributed by atoms with Crippen LogP contribution in [0.1, 0.15) is 25.3 Å². The van der Waals surface area contributed by atoms with Crippen LogP contribution in [0.25, 0.3) is 0 Å². The quantitative estimate of drug-likeness (QED) is 0.832. The number of aliphatic hydroxyl groups excluding tert-OH is 1. The monoisotopic (exact) mass is 278 g/mol. The third-order valence-corrected chi connectivity index (χ3v) is 4.08. The highest BCUT2D eigenvalue weighted by atomic mass is 16.5. The first-order valence-corrected chi connectivity index (χ1v) is 7.30. The van der Waals surface area contributed by atoms with E-state index in [1.807, 2.05) is 21.0 Å². The Morgan fingerprint density at radius 3 is 2.55 bits per heavy atom. The molecular formula is C16H26N2O2. The van der Waals surface area contributed by atoms with Gasteiger partial charge in [0.25, 0.3) is 0 Å². The molecule has 1 aliphatic rings. The number of hydrogen-bond donors (Lipinski definition) is 2. The fourth-order valence-electron chi connectivity index (χ4n) is 2.52. The average Bonchev–Trinajstić information content (AvgIpc) is 2.98. The average molecular weight is 278 g/mol. The standard InChI is InChI=1S/C16H26N2O2/c1-16(12-19,17-11-15-5-4-10-20-15)13-6-8-14(9-7-13)18(2)3/h6-9,15,17,19H,4-5,10-12H2,1-3H3. The summed E-state index contributed by atoms with van der Waals surface area (Å²) in [5, 5.41) is 13.2. The third kappa shape index (κ3) is 3.51. The molecule has 2 unspecified atom stereocenters. The lowest BCUT2D eigenvalue weighted by molar-refractivity contribution is 0.0910. The Morgan fingerprint density at radius 1 is 1.35 bits per heavy atom. The number of benzene rings is 1. The van der Waals surface area contributed by atoms with Gasteiger partial charge in [0.2, 0.25) is 0 Å². The van der Waals surface area contributed by atoms with Gasteiger partial charge in [-0.15, -0.1) is 0 Å². The van der Waals surface area contributed by atoms with Crippen molar-refractivity contribution in [3.05, 3.63) is 29.8 Å². The fraction of sp³-hybridized carbons (Fsp3) is 0.625. The molecule has 2 atom stereocenters. The first kappa shape index (κ1) is 15.3. The molecule has 0 bridgehead atoms. The molecule has 4 nitrogen and oxygen atoms in total. The Hall–Kier alpha value is -1.10. The number of anilines is 1. The molecule has 0 aromatic heterocycles. The number of nitrogens with zero attached hydrogens (tertiary/aromatic N) is 1. The van der Waals surface area contributed by atoms with Crippen molar-refractivity contribution in [3.63, 3.8) is 0 Å². The van der Waals surface area contributed by atoms with Crippen LogP contribution in [-0.2, 0) is 10.3 Å². The van der Waals surface area contributed by atoms with Crippen LogP contribution in [0.2, 0.25) is 0 Å². The summed E-state index contributed by atoms with van der Waals surface area (Å²) < 4.78 is 5.63. The van der Waals surface area contributed by atoms with E-state index < -0.39 is 5.54 Å². The van der Waals surface area contributed by atoms with Gasteiger partial charge in [0, 0.05) is 32.9 Å². The van der Waals surface area contributed by atoms with Crippen molar-refractivity contribution in [1.82, 2.24) is 5.32 Å². The minimum absolute atomic E-state index is 0.0705. The summed E-state index contributed by atoms with van der Waals surface area (Å²) in [6.07, 6.45) is 2.52. The molecule has 4 heteroatoms. The van der Waals surface area contributed by atoms with Crippen LogP contribution < -0.4 is 10.2 Å². The van der Waals surface area contributed by atoms with Gasteiger partial charge in [-0.3, -0.25) is 0 Å². The molecule has 2 rings (SSSR count). The van der Waals surface area contributed by atoms with Crippen molar-refractivity contribution in [2.45, 2.75) is 31.4 Å². The second-order valence-electron chi connectivity index (χ2n) is 5.95. The van der Waals surface area contributed by atoms with Gasteiger partial charge in [0.1, 0.15) is 0 Å². The van der Waals surface area contributed by atoms with E-state index in [1.165, 1.54) is 0 Å². The molecule has 0 saturated carbocycles. The maximum Gasteiger partial charge on any atom is 0.0700 e. The van der Waals surface area contributed by atoms with Crippen molar-refractivity contribution in [2.24, 2.45) is 0 Å². The Bertz CT molecular complexity index is 413. The molecule has 2 N–H and O–H groups in total. The van der Waals surface area contributed by atoms with Crippen LogP contribution in [0.4, 0.5) is 5.69 Å².